The smallest absolute Gasteiger partial charge is 0.263 e. The molecule has 1 heterocycles. The minimum absolute atomic E-state index is 0.0249. The second-order valence-corrected chi connectivity index (χ2v) is 4.47. The summed E-state index contributed by atoms with van der Waals surface area (Å²) in [6.07, 6.45) is 3.51. The number of nitrogens with zero attached hydrogens (tertiary/aromatic N) is 1. The van der Waals surface area contributed by atoms with Gasteiger partial charge in [0.1, 0.15) is 4.88 Å². The number of alkyl halides is 1. The van der Waals surface area contributed by atoms with Crippen molar-refractivity contribution in [3.05, 3.63) is 16.6 Å². The van der Waals surface area contributed by atoms with E-state index in [0.717, 1.165) is 12.8 Å². The molecular weight excluding hydrogens is 220 g/mol. The Morgan fingerprint density at radius 2 is 2.57 bits per heavy atom. The van der Waals surface area contributed by atoms with Gasteiger partial charge in [-0.3, -0.25) is 9.78 Å². The van der Waals surface area contributed by atoms with Crippen LogP contribution in [0.2, 0.25) is 0 Å². The van der Waals surface area contributed by atoms with Crippen LogP contribution in [0, 0.1) is 0 Å². The number of rotatable bonds is 5. The lowest BCUT2D eigenvalue weighted by molar-refractivity contribution is 0.0957. The van der Waals surface area contributed by atoms with Crippen LogP contribution < -0.4 is 5.32 Å². The Bertz CT molecular complexity index is 276. The summed E-state index contributed by atoms with van der Waals surface area (Å²) >= 11 is 7.29. The molecule has 0 aliphatic carbocycles. The lowest BCUT2D eigenvalue weighted by Crippen LogP contribution is -2.29. The van der Waals surface area contributed by atoms with Gasteiger partial charge in [-0.1, -0.05) is 13.3 Å². The number of nitrogens with one attached hydrogen (secondary N) is 1. The van der Waals surface area contributed by atoms with Crippen molar-refractivity contribution in [2.45, 2.75) is 25.1 Å². The molecule has 1 rings (SSSR count). The van der Waals surface area contributed by atoms with Gasteiger partial charge < -0.3 is 5.32 Å². The van der Waals surface area contributed by atoms with Gasteiger partial charge >= 0.3 is 0 Å². The van der Waals surface area contributed by atoms with Crippen LogP contribution in [0.3, 0.4) is 0 Å². The van der Waals surface area contributed by atoms with Crippen molar-refractivity contribution in [3.63, 3.8) is 0 Å². The molecule has 0 saturated heterocycles. The van der Waals surface area contributed by atoms with E-state index in [1.54, 1.807) is 11.7 Å². The molecular formula is C9H13ClN2OS. The predicted octanol–water partition coefficient (Wildman–Crippen LogP) is 2.28. The van der Waals surface area contributed by atoms with Crippen molar-refractivity contribution in [2.24, 2.45) is 0 Å². The number of carbonyl (C=O) groups is 1. The van der Waals surface area contributed by atoms with Crippen molar-refractivity contribution < 1.29 is 4.79 Å². The van der Waals surface area contributed by atoms with Crippen molar-refractivity contribution in [1.29, 1.82) is 0 Å². The van der Waals surface area contributed by atoms with E-state index in [1.165, 1.54) is 11.3 Å². The quantitative estimate of drug-likeness (QED) is 0.792. The van der Waals surface area contributed by atoms with E-state index < -0.39 is 0 Å². The fourth-order valence-corrected chi connectivity index (χ4v) is 1.87. The Balaban J connectivity index is 2.28. The van der Waals surface area contributed by atoms with E-state index in [1.807, 2.05) is 0 Å². The minimum atomic E-state index is -0.0887. The Morgan fingerprint density at radius 1 is 1.79 bits per heavy atom. The minimum Gasteiger partial charge on any atom is -0.350 e. The van der Waals surface area contributed by atoms with Gasteiger partial charge in [-0.15, -0.1) is 22.9 Å². The average Bonchev–Trinajstić information content (AvgIpc) is 2.67. The first-order valence-corrected chi connectivity index (χ1v) is 5.86. The molecule has 14 heavy (non-hydrogen) atoms. The van der Waals surface area contributed by atoms with Gasteiger partial charge in [-0.25, -0.2) is 0 Å². The highest BCUT2D eigenvalue weighted by molar-refractivity contribution is 7.11. The summed E-state index contributed by atoms with van der Waals surface area (Å²) < 4.78 is 0. The third kappa shape index (κ3) is 3.64. The van der Waals surface area contributed by atoms with Crippen LogP contribution >= 0.6 is 22.9 Å². The van der Waals surface area contributed by atoms with Crippen LogP contribution in [0.25, 0.3) is 0 Å². The molecule has 0 bridgehead atoms. The van der Waals surface area contributed by atoms with Crippen LogP contribution in [0.1, 0.15) is 29.4 Å². The maximum absolute atomic E-state index is 11.4. The number of halogens is 1. The molecule has 1 N–H and O–H groups in total. The second kappa shape index (κ2) is 5.98. The first kappa shape index (κ1) is 11.5. The predicted molar refractivity (Wildman–Crippen MR) is 59.0 cm³/mol. The van der Waals surface area contributed by atoms with Gasteiger partial charge in [0, 0.05) is 6.54 Å². The largest absolute Gasteiger partial charge is 0.350 e. The number of aromatic nitrogens is 1. The summed E-state index contributed by atoms with van der Waals surface area (Å²) in [5, 5.41) is 2.79. The fourth-order valence-electron chi connectivity index (χ4n) is 1.03. The number of carbonyl (C=O) groups excluding carboxylic acids is 1. The lowest BCUT2D eigenvalue weighted by atomic mass is 10.2. The van der Waals surface area contributed by atoms with Gasteiger partial charge in [0.2, 0.25) is 0 Å². The number of thiazole rings is 1. The number of amides is 1. The van der Waals surface area contributed by atoms with Gasteiger partial charge in [-0.05, 0) is 6.42 Å². The molecule has 1 aromatic rings. The highest BCUT2D eigenvalue weighted by Crippen LogP contribution is 2.06. The molecule has 1 aromatic heterocycles. The molecule has 0 aromatic carbocycles. The highest BCUT2D eigenvalue weighted by atomic mass is 35.5. The van der Waals surface area contributed by atoms with Gasteiger partial charge in [-0.2, -0.15) is 0 Å². The zero-order valence-electron chi connectivity index (χ0n) is 8.00. The summed E-state index contributed by atoms with van der Waals surface area (Å²) in [7, 11) is 0. The lowest BCUT2D eigenvalue weighted by Gasteiger charge is -2.08. The Hall–Kier alpha value is -0.610. The van der Waals surface area contributed by atoms with Crippen molar-refractivity contribution in [1.82, 2.24) is 10.3 Å². The van der Waals surface area contributed by atoms with Crippen molar-refractivity contribution in [3.8, 4) is 0 Å². The first-order chi connectivity index (χ1) is 6.74. The summed E-state index contributed by atoms with van der Waals surface area (Å²) in [5.41, 5.74) is 1.64. The van der Waals surface area contributed by atoms with E-state index in [-0.39, 0.29) is 11.3 Å². The highest BCUT2D eigenvalue weighted by Gasteiger charge is 2.09. The molecule has 1 amide bonds. The van der Waals surface area contributed by atoms with E-state index in [4.69, 9.17) is 11.6 Å². The fraction of sp³-hybridized carbons (Fsp3) is 0.556. The van der Waals surface area contributed by atoms with Crippen LogP contribution in [-0.4, -0.2) is 22.8 Å². The normalized spacial score (nSPS) is 12.4. The summed E-state index contributed by atoms with van der Waals surface area (Å²) in [6, 6.07) is 0. The van der Waals surface area contributed by atoms with E-state index in [9.17, 15) is 4.79 Å². The zero-order chi connectivity index (χ0) is 10.4. The zero-order valence-corrected chi connectivity index (χ0v) is 9.57. The second-order valence-electron chi connectivity index (χ2n) is 2.96. The molecule has 0 aliphatic heterocycles. The van der Waals surface area contributed by atoms with Gasteiger partial charge in [0.25, 0.3) is 5.91 Å². The van der Waals surface area contributed by atoms with E-state index in [0.29, 0.717) is 11.4 Å². The Morgan fingerprint density at radius 3 is 3.14 bits per heavy atom. The Labute approximate surface area is 92.5 Å². The van der Waals surface area contributed by atoms with Crippen LogP contribution in [-0.2, 0) is 0 Å². The number of hydrogen-bond acceptors (Lipinski definition) is 3. The van der Waals surface area contributed by atoms with Crippen LogP contribution in [0.15, 0.2) is 11.7 Å². The molecule has 5 heteroatoms. The van der Waals surface area contributed by atoms with E-state index >= 15 is 0 Å². The maximum atomic E-state index is 11.4. The molecule has 3 nitrogen and oxygen atoms in total. The first-order valence-electron chi connectivity index (χ1n) is 4.54. The summed E-state index contributed by atoms with van der Waals surface area (Å²) in [4.78, 5) is 15.9. The van der Waals surface area contributed by atoms with Crippen LogP contribution in [0.5, 0.6) is 0 Å². The van der Waals surface area contributed by atoms with Crippen LogP contribution in [0.4, 0.5) is 0 Å². The monoisotopic (exact) mass is 232 g/mol. The number of hydrogen-bond donors (Lipinski definition) is 1. The van der Waals surface area contributed by atoms with Crippen molar-refractivity contribution in [2.75, 3.05) is 6.54 Å². The third-order valence-corrected chi connectivity index (χ3v) is 2.89. The standard InChI is InChI=1S/C9H13ClN2OS/c1-2-3-7(10)4-12-9(13)8-5-11-6-14-8/h5-7H,2-4H2,1H3,(H,12,13). The third-order valence-electron chi connectivity index (χ3n) is 1.74. The molecule has 0 aliphatic rings. The van der Waals surface area contributed by atoms with Crippen molar-refractivity contribution >= 4 is 28.8 Å². The van der Waals surface area contributed by atoms with E-state index in [2.05, 4.69) is 17.2 Å². The van der Waals surface area contributed by atoms with Gasteiger partial charge in [0.05, 0.1) is 17.1 Å². The molecule has 0 saturated carbocycles. The summed E-state index contributed by atoms with van der Waals surface area (Å²) in [6.45, 7) is 2.59. The molecule has 0 radical (unpaired) electrons. The molecule has 1 unspecified atom stereocenters. The SMILES string of the molecule is CCCC(Cl)CNC(=O)c1cncs1. The maximum Gasteiger partial charge on any atom is 0.263 e. The molecule has 78 valence electrons. The summed E-state index contributed by atoms with van der Waals surface area (Å²) in [5.74, 6) is -0.0887. The Kier molecular flexibility index (Phi) is 4.90. The molecule has 0 spiro atoms. The average molecular weight is 233 g/mol. The molecule has 1 atom stereocenters. The topological polar surface area (TPSA) is 42.0 Å². The van der Waals surface area contributed by atoms with Gasteiger partial charge in [0.15, 0.2) is 0 Å². The molecule has 0 fully saturated rings.